The molecule has 0 saturated heterocycles. The van der Waals surface area contributed by atoms with Crippen molar-refractivity contribution in [1.82, 2.24) is 10.4 Å². The molecule has 0 radical (unpaired) electrons. The molecule has 22 heavy (non-hydrogen) atoms. The van der Waals surface area contributed by atoms with Gasteiger partial charge in [-0.05, 0) is 29.8 Å². The van der Waals surface area contributed by atoms with Gasteiger partial charge in [0.15, 0.2) is 0 Å². The lowest BCUT2D eigenvalue weighted by Gasteiger charge is -2.01. The summed E-state index contributed by atoms with van der Waals surface area (Å²) in [4.78, 5) is 16.3. The van der Waals surface area contributed by atoms with E-state index in [1.165, 1.54) is 18.3 Å². The molecule has 3 rings (SSSR count). The molecule has 1 heterocycles. The molecule has 0 fully saturated rings. The molecule has 0 atom stereocenters. The Bertz CT molecular complexity index is 844. The number of para-hydroxylation sites is 1. The van der Waals surface area contributed by atoms with Crippen LogP contribution in [0.4, 0.5) is 4.39 Å². The SMILES string of the molecule is O=C(N/N=C/c1ccc(F)cc1)c1ccc2ccccc2n1. The highest BCUT2D eigenvalue weighted by atomic mass is 19.1. The first-order valence-corrected chi connectivity index (χ1v) is 6.67. The molecule has 108 valence electrons. The van der Waals surface area contributed by atoms with E-state index in [4.69, 9.17) is 0 Å². The van der Waals surface area contributed by atoms with Crippen LogP contribution in [0.5, 0.6) is 0 Å². The van der Waals surface area contributed by atoms with Gasteiger partial charge in [0.2, 0.25) is 0 Å². The van der Waals surface area contributed by atoms with Crippen LogP contribution in [0.2, 0.25) is 0 Å². The van der Waals surface area contributed by atoms with Gasteiger partial charge in [-0.15, -0.1) is 0 Å². The molecule has 0 aliphatic rings. The second-order valence-electron chi connectivity index (χ2n) is 4.64. The molecule has 5 heteroatoms. The molecule has 1 N–H and O–H groups in total. The average molecular weight is 293 g/mol. The van der Waals surface area contributed by atoms with Crippen molar-refractivity contribution in [2.24, 2.45) is 5.10 Å². The largest absolute Gasteiger partial charge is 0.289 e. The van der Waals surface area contributed by atoms with Gasteiger partial charge in [-0.2, -0.15) is 5.10 Å². The summed E-state index contributed by atoms with van der Waals surface area (Å²) in [5, 5.41) is 4.81. The highest BCUT2D eigenvalue weighted by molar-refractivity contribution is 5.95. The van der Waals surface area contributed by atoms with Gasteiger partial charge >= 0.3 is 0 Å². The number of nitrogens with zero attached hydrogens (tertiary/aromatic N) is 2. The van der Waals surface area contributed by atoms with Crippen LogP contribution in [0.25, 0.3) is 10.9 Å². The number of hydrogen-bond donors (Lipinski definition) is 1. The number of hydrogen-bond acceptors (Lipinski definition) is 3. The van der Waals surface area contributed by atoms with Crippen LogP contribution < -0.4 is 5.43 Å². The first kappa shape index (κ1) is 13.9. The summed E-state index contributed by atoms with van der Waals surface area (Å²) in [7, 11) is 0. The molecule has 1 amide bonds. The Morgan fingerprint density at radius 3 is 2.64 bits per heavy atom. The summed E-state index contributed by atoms with van der Waals surface area (Å²) in [5.41, 5.74) is 4.12. The summed E-state index contributed by atoms with van der Waals surface area (Å²) >= 11 is 0. The van der Waals surface area contributed by atoms with Gasteiger partial charge in [0.25, 0.3) is 5.91 Å². The number of nitrogens with one attached hydrogen (secondary N) is 1. The maximum Gasteiger partial charge on any atom is 0.289 e. The van der Waals surface area contributed by atoms with E-state index < -0.39 is 5.91 Å². The number of benzene rings is 2. The molecule has 4 nitrogen and oxygen atoms in total. The summed E-state index contributed by atoms with van der Waals surface area (Å²) < 4.78 is 12.8. The van der Waals surface area contributed by atoms with Crippen molar-refractivity contribution in [3.63, 3.8) is 0 Å². The number of amides is 1. The molecule has 1 aromatic heterocycles. The summed E-state index contributed by atoms with van der Waals surface area (Å²) in [6.45, 7) is 0. The number of aromatic nitrogens is 1. The average Bonchev–Trinajstić information content (AvgIpc) is 2.56. The minimum atomic E-state index is -0.399. The number of hydrazone groups is 1. The molecular weight excluding hydrogens is 281 g/mol. The number of fused-ring (bicyclic) bond motifs is 1. The van der Waals surface area contributed by atoms with Gasteiger partial charge in [0, 0.05) is 5.39 Å². The molecule has 0 spiro atoms. The van der Waals surface area contributed by atoms with Crippen molar-refractivity contribution in [2.45, 2.75) is 0 Å². The monoisotopic (exact) mass is 293 g/mol. The van der Waals surface area contributed by atoms with Crippen LogP contribution in [0.15, 0.2) is 65.8 Å². The predicted octanol–water partition coefficient (Wildman–Crippen LogP) is 3.14. The Morgan fingerprint density at radius 2 is 1.82 bits per heavy atom. The zero-order chi connectivity index (χ0) is 15.4. The Hall–Kier alpha value is -3.08. The van der Waals surface area contributed by atoms with E-state index in [2.05, 4.69) is 15.5 Å². The lowest BCUT2D eigenvalue weighted by molar-refractivity contribution is 0.0950. The van der Waals surface area contributed by atoms with Crippen LogP contribution in [0.3, 0.4) is 0 Å². The minimum absolute atomic E-state index is 0.287. The van der Waals surface area contributed by atoms with E-state index >= 15 is 0 Å². The van der Waals surface area contributed by atoms with E-state index in [1.807, 2.05) is 30.3 Å². The van der Waals surface area contributed by atoms with Crippen LogP contribution in [0.1, 0.15) is 16.1 Å². The van der Waals surface area contributed by atoms with E-state index in [-0.39, 0.29) is 11.5 Å². The van der Waals surface area contributed by atoms with Gasteiger partial charge in [-0.1, -0.05) is 36.4 Å². The fourth-order valence-corrected chi connectivity index (χ4v) is 1.96. The number of carbonyl (C=O) groups excluding carboxylic acids is 1. The van der Waals surface area contributed by atoms with Crippen LogP contribution in [0, 0.1) is 5.82 Å². The van der Waals surface area contributed by atoms with Gasteiger partial charge in [0.05, 0.1) is 11.7 Å². The molecular formula is C17H12FN3O. The summed E-state index contributed by atoms with van der Waals surface area (Å²) in [6.07, 6.45) is 1.44. The number of rotatable bonds is 3. The number of halogens is 1. The topological polar surface area (TPSA) is 54.4 Å². The van der Waals surface area contributed by atoms with Crippen molar-refractivity contribution in [3.8, 4) is 0 Å². The smallest absolute Gasteiger partial charge is 0.266 e. The number of carbonyl (C=O) groups is 1. The zero-order valence-corrected chi connectivity index (χ0v) is 11.5. The van der Waals surface area contributed by atoms with Gasteiger partial charge in [-0.3, -0.25) is 4.79 Å². The third kappa shape index (κ3) is 3.15. The van der Waals surface area contributed by atoms with E-state index in [0.29, 0.717) is 5.56 Å². The Balaban J connectivity index is 1.71. The van der Waals surface area contributed by atoms with Crippen molar-refractivity contribution in [1.29, 1.82) is 0 Å². The summed E-state index contributed by atoms with van der Waals surface area (Å²) in [5.74, 6) is -0.717. The van der Waals surface area contributed by atoms with Crippen molar-refractivity contribution in [3.05, 3.63) is 77.7 Å². The molecule has 0 unspecified atom stereocenters. The Morgan fingerprint density at radius 1 is 1.05 bits per heavy atom. The van der Waals surface area contributed by atoms with Crippen LogP contribution in [-0.4, -0.2) is 17.1 Å². The maximum absolute atomic E-state index is 12.8. The second-order valence-corrected chi connectivity index (χ2v) is 4.64. The fraction of sp³-hybridized carbons (Fsp3) is 0. The normalized spacial score (nSPS) is 11.0. The quantitative estimate of drug-likeness (QED) is 0.596. The first-order chi connectivity index (χ1) is 10.7. The maximum atomic E-state index is 12.8. The fourth-order valence-electron chi connectivity index (χ4n) is 1.96. The number of pyridine rings is 1. The van der Waals surface area contributed by atoms with Crippen molar-refractivity contribution in [2.75, 3.05) is 0 Å². The zero-order valence-electron chi connectivity index (χ0n) is 11.5. The predicted molar refractivity (Wildman–Crippen MR) is 83.2 cm³/mol. The summed E-state index contributed by atoms with van der Waals surface area (Å²) in [6, 6.07) is 16.8. The van der Waals surface area contributed by atoms with Crippen molar-refractivity contribution >= 4 is 23.0 Å². The minimum Gasteiger partial charge on any atom is -0.266 e. The molecule has 0 aliphatic carbocycles. The third-order valence-corrected chi connectivity index (χ3v) is 3.08. The van der Waals surface area contributed by atoms with Crippen molar-refractivity contribution < 1.29 is 9.18 Å². The van der Waals surface area contributed by atoms with Gasteiger partial charge < -0.3 is 0 Å². The first-order valence-electron chi connectivity index (χ1n) is 6.67. The Kier molecular flexibility index (Phi) is 3.87. The van der Waals surface area contributed by atoms with E-state index in [9.17, 15) is 9.18 Å². The second kappa shape index (κ2) is 6.13. The standard InChI is InChI=1S/C17H12FN3O/c18-14-8-5-12(6-9-14)11-19-21-17(22)16-10-7-13-3-1-2-4-15(13)20-16/h1-11H,(H,21,22)/b19-11+. The molecule has 2 aromatic carbocycles. The van der Waals surface area contributed by atoms with E-state index in [1.54, 1.807) is 18.2 Å². The highest BCUT2D eigenvalue weighted by Gasteiger charge is 2.06. The Labute approximate surface area is 126 Å². The van der Waals surface area contributed by atoms with Gasteiger partial charge in [0.1, 0.15) is 11.5 Å². The molecule has 3 aromatic rings. The third-order valence-electron chi connectivity index (χ3n) is 3.08. The lowest BCUT2D eigenvalue weighted by atomic mass is 10.2. The van der Waals surface area contributed by atoms with Crippen LogP contribution >= 0.6 is 0 Å². The molecule has 0 bridgehead atoms. The van der Waals surface area contributed by atoms with Crippen LogP contribution in [-0.2, 0) is 0 Å². The molecule has 0 aliphatic heterocycles. The van der Waals surface area contributed by atoms with E-state index in [0.717, 1.165) is 10.9 Å². The highest BCUT2D eigenvalue weighted by Crippen LogP contribution is 2.11. The lowest BCUT2D eigenvalue weighted by Crippen LogP contribution is -2.18. The van der Waals surface area contributed by atoms with Gasteiger partial charge in [-0.25, -0.2) is 14.8 Å². The molecule has 0 saturated carbocycles.